The van der Waals surface area contributed by atoms with E-state index in [1.165, 1.54) is 0 Å². The lowest BCUT2D eigenvalue weighted by Crippen LogP contribution is -2.50. The van der Waals surface area contributed by atoms with Gasteiger partial charge in [-0.3, -0.25) is 0 Å². The van der Waals surface area contributed by atoms with Crippen molar-refractivity contribution in [1.82, 2.24) is 14.9 Å². The molecule has 1 aliphatic rings. The van der Waals surface area contributed by atoms with Crippen molar-refractivity contribution >= 4 is 17.1 Å². The third-order valence-corrected chi connectivity index (χ3v) is 4.56. The minimum absolute atomic E-state index is 0.157. The van der Waals surface area contributed by atoms with Crippen LogP contribution in [0.5, 0.6) is 0 Å². The number of nitrogens with zero attached hydrogens (tertiary/aromatic N) is 3. The zero-order valence-electron chi connectivity index (χ0n) is 15.8. The summed E-state index contributed by atoms with van der Waals surface area (Å²) in [5, 5.41) is 0. The van der Waals surface area contributed by atoms with E-state index in [1.807, 2.05) is 75.4 Å². The summed E-state index contributed by atoms with van der Waals surface area (Å²) in [5.41, 5.74) is 4.15. The molecule has 0 bridgehead atoms. The Hall–Kier alpha value is -2.95. The Morgan fingerprint density at radius 3 is 2.19 bits per heavy atom. The summed E-state index contributed by atoms with van der Waals surface area (Å²) in [6.07, 6.45) is -0.270. The summed E-state index contributed by atoms with van der Waals surface area (Å²) in [6, 6.07) is 18.0. The molecule has 4 rings (SSSR count). The van der Waals surface area contributed by atoms with Gasteiger partial charge in [-0.05, 0) is 32.9 Å². The first-order valence-electron chi connectivity index (χ1n) is 9.21. The second kappa shape index (κ2) is 6.65. The van der Waals surface area contributed by atoms with Crippen LogP contribution in [0, 0.1) is 0 Å². The number of carbonyl (C=O) groups excluding carboxylic acids is 1. The molecule has 3 aromatic rings. The molecule has 1 fully saturated rings. The molecule has 1 saturated heterocycles. The van der Waals surface area contributed by atoms with E-state index in [1.54, 1.807) is 4.90 Å². The lowest BCUT2D eigenvalue weighted by Gasteiger charge is -2.39. The topological polar surface area (TPSA) is 55.3 Å². The maximum atomic E-state index is 12.3. The Kier molecular flexibility index (Phi) is 4.30. The SMILES string of the molecule is CC(C)(C)OC(=O)N1CC(c2nc3ccccc3nc2-c2ccccc2)C1. The van der Waals surface area contributed by atoms with E-state index < -0.39 is 5.60 Å². The van der Waals surface area contributed by atoms with Crippen molar-refractivity contribution in [2.75, 3.05) is 13.1 Å². The number of fused-ring (bicyclic) bond motifs is 1. The summed E-state index contributed by atoms with van der Waals surface area (Å²) >= 11 is 0. The van der Waals surface area contributed by atoms with Gasteiger partial charge in [0.15, 0.2) is 0 Å². The van der Waals surface area contributed by atoms with Crippen molar-refractivity contribution in [2.24, 2.45) is 0 Å². The minimum atomic E-state index is -0.486. The highest BCUT2D eigenvalue weighted by molar-refractivity contribution is 5.79. The third-order valence-electron chi connectivity index (χ3n) is 4.56. The van der Waals surface area contributed by atoms with Crippen LogP contribution < -0.4 is 0 Å². The Labute approximate surface area is 159 Å². The molecule has 0 atom stereocenters. The molecular weight excluding hydrogens is 338 g/mol. The van der Waals surface area contributed by atoms with E-state index >= 15 is 0 Å². The van der Waals surface area contributed by atoms with Crippen molar-refractivity contribution in [3.05, 3.63) is 60.3 Å². The number of hydrogen-bond donors (Lipinski definition) is 0. The number of likely N-dealkylation sites (tertiary alicyclic amines) is 1. The number of amides is 1. The van der Waals surface area contributed by atoms with Gasteiger partial charge in [-0.1, -0.05) is 42.5 Å². The first-order chi connectivity index (χ1) is 12.9. The highest BCUT2D eigenvalue weighted by Gasteiger charge is 2.37. The summed E-state index contributed by atoms with van der Waals surface area (Å²) < 4.78 is 5.46. The normalized spacial score (nSPS) is 14.9. The summed E-state index contributed by atoms with van der Waals surface area (Å²) in [5.74, 6) is 0.157. The van der Waals surface area contributed by atoms with Gasteiger partial charge in [-0.15, -0.1) is 0 Å². The molecule has 2 aromatic carbocycles. The van der Waals surface area contributed by atoms with Crippen LogP contribution in [-0.2, 0) is 4.74 Å². The van der Waals surface area contributed by atoms with Gasteiger partial charge >= 0.3 is 6.09 Å². The average Bonchev–Trinajstić information content (AvgIpc) is 2.59. The second-order valence-electron chi connectivity index (χ2n) is 7.89. The van der Waals surface area contributed by atoms with Crippen LogP contribution in [0.2, 0.25) is 0 Å². The lowest BCUT2D eigenvalue weighted by atomic mass is 9.92. The van der Waals surface area contributed by atoms with Crippen LogP contribution in [0.3, 0.4) is 0 Å². The fraction of sp³-hybridized carbons (Fsp3) is 0.318. The molecule has 0 spiro atoms. The molecule has 0 N–H and O–H groups in total. The molecule has 2 heterocycles. The van der Waals surface area contributed by atoms with Gasteiger partial charge in [-0.2, -0.15) is 0 Å². The van der Waals surface area contributed by atoms with Crippen LogP contribution in [0.15, 0.2) is 54.6 Å². The highest BCUT2D eigenvalue weighted by atomic mass is 16.6. The largest absolute Gasteiger partial charge is 0.444 e. The molecule has 0 radical (unpaired) electrons. The van der Waals surface area contributed by atoms with Crippen molar-refractivity contribution in [3.63, 3.8) is 0 Å². The Morgan fingerprint density at radius 1 is 0.963 bits per heavy atom. The molecule has 138 valence electrons. The van der Waals surface area contributed by atoms with Crippen LogP contribution in [0.1, 0.15) is 32.4 Å². The number of rotatable bonds is 2. The molecule has 0 unspecified atom stereocenters. The monoisotopic (exact) mass is 361 g/mol. The predicted molar refractivity (Wildman–Crippen MR) is 106 cm³/mol. The van der Waals surface area contributed by atoms with Gasteiger partial charge in [0.05, 0.1) is 22.4 Å². The van der Waals surface area contributed by atoms with E-state index in [2.05, 4.69) is 0 Å². The molecule has 0 saturated carbocycles. The fourth-order valence-corrected chi connectivity index (χ4v) is 3.23. The Balaban J connectivity index is 1.65. The van der Waals surface area contributed by atoms with Gasteiger partial charge in [0.2, 0.25) is 0 Å². The number of benzene rings is 2. The van der Waals surface area contributed by atoms with Gasteiger partial charge in [0, 0.05) is 24.6 Å². The lowest BCUT2D eigenvalue weighted by molar-refractivity contribution is 0.00792. The maximum Gasteiger partial charge on any atom is 0.410 e. The van der Waals surface area contributed by atoms with E-state index in [0.717, 1.165) is 28.0 Å². The number of hydrogen-bond acceptors (Lipinski definition) is 4. The molecule has 5 heteroatoms. The summed E-state index contributed by atoms with van der Waals surface area (Å²) in [4.78, 5) is 23.8. The van der Waals surface area contributed by atoms with Gasteiger partial charge in [0.25, 0.3) is 0 Å². The van der Waals surface area contributed by atoms with Crippen molar-refractivity contribution < 1.29 is 9.53 Å². The Morgan fingerprint density at radius 2 is 1.56 bits per heavy atom. The van der Waals surface area contributed by atoms with Crippen LogP contribution in [-0.4, -0.2) is 39.7 Å². The predicted octanol–water partition coefficient (Wildman–Crippen LogP) is 4.63. The first-order valence-corrected chi connectivity index (χ1v) is 9.21. The van der Waals surface area contributed by atoms with E-state index in [-0.39, 0.29) is 12.0 Å². The zero-order valence-corrected chi connectivity index (χ0v) is 15.8. The number of carbonyl (C=O) groups is 1. The van der Waals surface area contributed by atoms with E-state index in [9.17, 15) is 4.79 Å². The number of para-hydroxylation sites is 2. The number of aromatic nitrogens is 2. The zero-order chi connectivity index (χ0) is 19.0. The highest BCUT2D eigenvalue weighted by Crippen LogP contribution is 2.34. The average molecular weight is 361 g/mol. The first kappa shape index (κ1) is 17.5. The van der Waals surface area contributed by atoms with Crippen LogP contribution in [0.25, 0.3) is 22.3 Å². The van der Waals surface area contributed by atoms with E-state index in [4.69, 9.17) is 14.7 Å². The molecule has 1 aliphatic heterocycles. The van der Waals surface area contributed by atoms with E-state index in [0.29, 0.717) is 13.1 Å². The summed E-state index contributed by atoms with van der Waals surface area (Å²) in [6.45, 7) is 6.84. The summed E-state index contributed by atoms with van der Waals surface area (Å²) in [7, 11) is 0. The van der Waals surface area contributed by atoms with Crippen molar-refractivity contribution in [2.45, 2.75) is 32.3 Å². The molecule has 1 aromatic heterocycles. The molecule has 0 aliphatic carbocycles. The molecule has 27 heavy (non-hydrogen) atoms. The second-order valence-corrected chi connectivity index (χ2v) is 7.89. The fourth-order valence-electron chi connectivity index (χ4n) is 3.23. The van der Waals surface area contributed by atoms with Gasteiger partial charge in [-0.25, -0.2) is 14.8 Å². The number of ether oxygens (including phenoxy) is 1. The molecule has 5 nitrogen and oxygen atoms in total. The van der Waals surface area contributed by atoms with Crippen molar-refractivity contribution in [3.8, 4) is 11.3 Å². The van der Waals surface area contributed by atoms with Crippen LogP contribution in [0.4, 0.5) is 4.79 Å². The standard InChI is InChI=1S/C22H23N3O2/c1-22(2,3)27-21(26)25-13-16(14-25)20-19(15-9-5-4-6-10-15)23-17-11-7-8-12-18(17)24-20/h4-12,16H,13-14H2,1-3H3. The minimum Gasteiger partial charge on any atom is -0.444 e. The maximum absolute atomic E-state index is 12.3. The molecular formula is C22H23N3O2. The van der Waals surface area contributed by atoms with Crippen LogP contribution >= 0.6 is 0 Å². The third kappa shape index (κ3) is 3.63. The quantitative estimate of drug-likeness (QED) is 0.668. The van der Waals surface area contributed by atoms with Gasteiger partial charge < -0.3 is 9.64 Å². The smallest absolute Gasteiger partial charge is 0.410 e. The Bertz CT molecular complexity index is 974. The van der Waals surface area contributed by atoms with Gasteiger partial charge in [0.1, 0.15) is 5.60 Å². The molecule has 1 amide bonds. The van der Waals surface area contributed by atoms with Crippen molar-refractivity contribution in [1.29, 1.82) is 0 Å².